The van der Waals surface area contributed by atoms with Crippen LogP contribution in [0.5, 0.6) is 0 Å². The molecule has 0 spiro atoms. The molecule has 1 aliphatic carbocycles. The maximum atomic E-state index is 13.0. The van der Waals surface area contributed by atoms with Crippen molar-refractivity contribution < 1.29 is 9.00 Å². The average molecular weight is 472 g/mol. The monoisotopic (exact) mass is 471 g/mol. The molecule has 2 fully saturated rings. The number of amides is 1. The van der Waals surface area contributed by atoms with Crippen LogP contribution in [0.3, 0.4) is 0 Å². The van der Waals surface area contributed by atoms with Gasteiger partial charge >= 0.3 is 0 Å². The summed E-state index contributed by atoms with van der Waals surface area (Å²) in [6.45, 7) is 2.68. The Morgan fingerprint density at radius 2 is 1.78 bits per heavy atom. The maximum Gasteiger partial charge on any atom is 0.251 e. The van der Waals surface area contributed by atoms with Crippen LogP contribution in [0, 0.1) is 0 Å². The van der Waals surface area contributed by atoms with Crippen molar-refractivity contribution in [3.05, 3.63) is 71.3 Å². The third-order valence-corrected chi connectivity index (χ3v) is 9.91. The highest BCUT2D eigenvalue weighted by molar-refractivity contribution is 8.04. The Hall–Kier alpha value is -1.80. The number of carbonyl (C=O) groups excluding carboxylic acids is 1. The molecule has 1 saturated carbocycles. The molecule has 1 heterocycles. The third-order valence-electron chi connectivity index (χ3n) is 6.80. The van der Waals surface area contributed by atoms with Gasteiger partial charge in [-0.3, -0.25) is 4.79 Å². The number of hydrogen-bond donors (Lipinski definition) is 2. The third kappa shape index (κ3) is 5.06. The molecule has 4 rings (SSSR count). The Labute approximate surface area is 196 Å². The van der Waals surface area contributed by atoms with Crippen molar-refractivity contribution in [1.82, 2.24) is 14.3 Å². The summed E-state index contributed by atoms with van der Waals surface area (Å²) in [5.41, 5.74) is 2.97. The first-order valence-electron chi connectivity index (χ1n) is 11.3. The Morgan fingerprint density at radius 1 is 1.12 bits per heavy atom. The van der Waals surface area contributed by atoms with Gasteiger partial charge in [-0.1, -0.05) is 55.5 Å². The van der Waals surface area contributed by atoms with E-state index in [0.717, 1.165) is 55.0 Å². The van der Waals surface area contributed by atoms with E-state index in [1.807, 2.05) is 34.6 Å². The molecular formula is C25H33N3O2S2. The molecular weight excluding hydrogens is 438 g/mol. The molecule has 1 atom stereocenters. The van der Waals surface area contributed by atoms with Gasteiger partial charge in [0.25, 0.3) is 5.91 Å². The predicted octanol–water partition coefficient (Wildman–Crippen LogP) is 3.96. The lowest BCUT2D eigenvalue weighted by Crippen LogP contribution is -2.51. The molecule has 0 aromatic heterocycles. The van der Waals surface area contributed by atoms with Crippen LogP contribution in [-0.4, -0.2) is 44.6 Å². The van der Waals surface area contributed by atoms with E-state index in [0.29, 0.717) is 6.54 Å². The summed E-state index contributed by atoms with van der Waals surface area (Å²) in [5.74, 6) is 5.51. The van der Waals surface area contributed by atoms with E-state index in [9.17, 15) is 9.00 Å². The Kier molecular flexibility index (Phi) is 7.30. The quantitative estimate of drug-likeness (QED) is 0.573. The van der Waals surface area contributed by atoms with Gasteiger partial charge in [0.15, 0.2) is 0 Å². The summed E-state index contributed by atoms with van der Waals surface area (Å²) in [7, 11) is -2.40. The molecule has 1 saturated heterocycles. The SMILES string of the molecule is C=S(=O)(NC1CCC(CNC(=O)c2ccccc2CC)(c2ccccc2)CC1)N1CSC1. The zero-order chi connectivity index (χ0) is 22.6. The normalized spacial score (nSPS) is 25.5. The maximum absolute atomic E-state index is 13.0. The summed E-state index contributed by atoms with van der Waals surface area (Å²) in [5, 5.41) is 3.24. The lowest BCUT2D eigenvalue weighted by molar-refractivity contribution is 0.0934. The van der Waals surface area contributed by atoms with Gasteiger partial charge in [-0.2, -0.15) is 0 Å². The van der Waals surface area contributed by atoms with Crippen molar-refractivity contribution in [2.45, 2.75) is 50.5 Å². The first-order chi connectivity index (χ1) is 15.4. The topological polar surface area (TPSA) is 61.4 Å². The fourth-order valence-electron chi connectivity index (χ4n) is 4.71. The number of nitrogens with zero attached hydrogens (tertiary/aromatic N) is 1. The van der Waals surface area contributed by atoms with Crippen molar-refractivity contribution in [3.63, 3.8) is 0 Å². The number of aryl methyl sites for hydroxylation is 1. The Morgan fingerprint density at radius 3 is 2.41 bits per heavy atom. The first kappa shape index (κ1) is 23.4. The minimum Gasteiger partial charge on any atom is -0.351 e. The molecule has 2 aromatic rings. The molecule has 32 heavy (non-hydrogen) atoms. The smallest absolute Gasteiger partial charge is 0.251 e. The zero-order valence-electron chi connectivity index (χ0n) is 18.7. The van der Waals surface area contributed by atoms with E-state index in [1.54, 1.807) is 11.8 Å². The van der Waals surface area contributed by atoms with Gasteiger partial charge in [0.05, 0.1) is 21.6 Å². The van der Waals surface area contributed by atoms with Gasteiger partial charge in [-0.15, -0.1) is 11.8 Å². The number of rotatable bonds is 8. The summed E-state index contributed by atoms with van der Waals surface area (Å²) < 4.78 is 18.2. The zero-order valence-corrected chi connectivity index (χ0v) is 20.4. The van der Waals surface area contributed by atoms with Crippen LogP contribution in [0.4, 0.5) is 0 Å². The first-order valence-corrected chi connectivity index (χ1v) is 14.2. The summed E-state index contributed by atoms with van der Waals surface area (Å²) in [6, 6.07) is 18.5. The van der Waals surface area contributed by atoms with Gasteiger partial charge in [0.1, 0.15) is 0 Å². The number of thioether (sulfide) groups is 1. The van der Waals surface area contributed by atoms with E-state index >= 15 is 0 Å². The van der Waals surface area contributed by atoms with Crippen LogP contribution in [0.2, 0.25) is 0 Å². The van der Waals surface area contributed by atoms with Gasteiger partial charge < -0.3 is 5.32 Å². The lowest BCUT2D eigenvalue weighted by atomic mass is 9.68. The fourth-order valence-corrected chi connectivity index (χ4v) is 7.76. The largest absolute Gasteiger partial charge is 0.351 e. The van der Waals surface area contributed by atoms with Crippen LogP contribution in [0.1, 0.15) is 54.1 Å². The van der Waals surface area contributed by atoms with Crippen molar-refractivity contribution in [2.24, 2.45) is 0 Å². The van der Waals surface area contributed by atoms with Gasteiger partial charge in [0, 0.05) is 23.6 Å². The van der Waals surface area contributed by atoms with E-state index in [1.165, 1.54) is 5.56 Å². The van der Waals surface area contributed by atoms with Crippen LogP contribution in [0.25, 0.3) is 0 Å². The molecule has 1 amide bonds. The standard InChI is InChI=1S/C25H33N3O2S2/c1-3-20-9-7-8-12-23(20)24(29)26-17-25(21-10-5-4-6-11-21)15-13-22(14-16-25)27-32(2,30)28-18-31-19-28/h4-12,22H,2-3,13-19H2,1H3,(H,26,29)(H,27,30). The van der Waals surface area contributed by atoms with Crippen LogP contribution in [-0.2, 0) is 21.7 Å². The molecule has 0 bridgehead atoms. The molecule has 2 N–H and O–H groups in total. The molecule has 1 unspecified atom stereocenters. The summed E-state index contributed by atoms with van der Waals surface area (Å²) in [6.07, 6.45) is 4.50. The van der Waals surface area contributed by atoms with Crippen molar-refractivity contribution in [1.29, 1.82) is 0 Å². The summed E-state index contributed by atoms with van der Waals surface area (Å²) >= 11 is 1.77. The second-order valence-electron chi connectivity index (χ2n) is 8.82. The molecule has 2 aliphatic rings. The molecule has 2 aromatic carbocycles. The molecule has 7 heteroatoms. The molecule has 172 valence electrons. The Bertz CT molecular complexity index is 1030. The highest BCUT2D eigenvalue weighted by atomic mass is 32.2. The second-order valence-corrected chi connectivity index (χ2v) is 11.8. The fraction of sp³-hybridized carbons (Fsp3) is 0.440. The van der Waals surface area contributed by atoms with Gasteiger partial charge in [0.2, 0.25) is 0 Å². The number of nitrogens with one attached hydrogen (secondary N) is 2. The minimum atomic E-state index is -2.40. The van der Waals surface area contributed by atoms with Crippen LogP contribution >= 0.6 is 11.8 Å². The van der Waals surface area contributed by atoms with E-state index in [4.69, 9.17) is 0 Å². The van der Waals surface area contributed by atoms with Crippen LogP contribution in [0.15, 0.2) is 54.6 Å². The highest BCUT2D eigenvalue weighted by Crippen LogP contribution is 2.39. The highest BCUT2D eigenvalue weighted by Gasteiger charge is 2.38. The number of hydrogen-bond acceptors (Lipinski definition) is 3. The molecule has 1 aliphatic heterocycles. The van der Waals surface area contributed by atoms with Crippen molar-refractivity contribution in [3.8, 4) is 0 Å². The second kappa shape index (κ2) is 10.00. The average Bonchev–Trinajstić information content (AvgIpc) is 2.77. The van der Waals surface area contributed by atoms with E-state index in [-0.39, 0.29) is 17.4 Å². The number of benzene rings is 2. The minimum absolute atomic E-state index is 0.00549. The van der Waals surface area contributed by atoms with Gasteiger partial charge in [-0.25, -0.2) is 13.2 Å². The lowest BCUT2D eigenvalue weighted by Gasteiger charge is -2.42. The molecule has 0 radical (unpaired) electrons. The van der Waals surface area contributed by atoms with E-state index < -0.39 is 9.89 Å². The summed E-state index contributed by atoms with van der Waals surface area (Å²) in [4.78, 5) is 13.0. The van der Waals surface area contributed by atoms with Crippen molar-refractivity contribution >= 4 is 33.4 Å². The number of carbonyl (C=O) groups is 1. The predicted molar refractivity (Wildman–Crippen MR) is 136 cm³/mol. The molecule has 5 nitrogen and oxygen atoms in total. The van der Waals surface area contributed by atoms with E-state index in [2.05, 4.69) is 47.1 Å². The van der Waals surface area contributed by atoms with Crippen molar-refractivity contribution in [2.75, 3.05) is 18.3 Å². The van der Waals surface area contributed by atoms with Gasteiger partial charge in [-0.05, 0) is 55.2 Å². The Balaban J connectivity index is 1.46. The van der Waals surface area contributed by atoms with Crippen LogP contribution < -0.4 is 10.0 Å².